The molecule has 1 heterocycles. The summed E-state index contributed by atoms with van der Waals surface area (Å²) in [6, 6.07) is 7.16. The Balaban J connectivity index is 2.55. The summed E-state index contributed by atoms with van der Waals surface area (Å²) in [6.07, 6.45) is 4.55. The zero-order chi connectivity index (χ0) is 22.1. The van der Waals surface area contributed by atoms with Crippen molar-refractivity contribution in [3.63, 3.8) is 0 Å². The molecule has 0 aliphatic heterocycles. The number of amides is 1. The second kappa shape index (κ2) is 11.8. The first kappa shape index (κ1) is 24.1. The number of methoxy groups -OCH3 is 1. The second-order valence-corrected chi connectivity index (χ2v) is 7.73. The van der Waals surface area contributed by atoms with Crippen molar-refractivity contribution in [2.45, 2.75) is 72.4 Å². The lowest BCUT2D eigenvalue weighted by molar-refractivity contribution is -0.138. The molecule has 0 N–H and O–H groups in total. The van der Waals surface area contributed by atoms with Crippen LogP contribution >= 0.6 is 0 Å². The summed E-state index contributed by atoms with van der Waals surface area (Å²) in [7, 11) is 1.62. The Kier molecular flexibility index (Phi) is 9.50. The van der Waals surface area contributed by atoms with Gasteiger partial charge in [0.25, 0.3) is 5.56 Å². The molecule has 2 unspecified atom stereocenters. The fourth-order valence-electron chi connectivity index (χ4n) is 4.10. The van der Waals surface area contributed by atoms with Gasteiger partial charge in [0, 0.05) is 19.6 Å². The Bertz CT molecular complexity index is 878. The average molecular weight is 416 g/mol. The molecule has 2 aromatic rings. The van der Waals surface area contributed by atoms with Crippen LogP contribution in [0.1, 0.15) is 71.7 Å². The number of rotatable bonds is 12. The van der Waals surface area contributed by atoms with Gasteiger partial charge in [-0.3, -0.25) is 14.2 Å². The fourth-order valence-corrected chi connectivity index (χ4v) is 4.10. The van der Waals surface area contributed by atoms with E-state index in [2.05, 4.69) is 20.8 Å². The minimum atomic E-state index is -0.243. The van der Waals surface area contributed by atoms with E-state index < -0.39 is 0 Å². The van der Waals surface area contributed by atoms with Crippen LogP contribution in [0.2, 0.25) is 0 Å². The van der Waals surface area contributed by atoms with Crippen molar-refractivity contribution in [3.05, 3.63) is 40.4 Å². The number of aromatic nitrogens is 2. The molecule has 0 aliphatic carbocycles. The van der Waals surface area contributed by atoms with E-state index >= 15 is 0 Å². The molecule has 6 nitrogen and oxygen atoms in total. The SMILES string of the molecule is CCCCC(CC)C(=O)N(CC)C(CC)c1nc2ccccc2c(=O)n1CCOC. The van der Waals surface area contributed by atoms with Crippen molar-refractivity contribution in [1.82, 2.24) is 14.5 Å². The lowest BCUT2D eigenvalue weighted by Crippen LogP contribution is -2.41. The lowest BCUT2D eigenvalue weighted by atomic mass is 9.96. The van der Waals surface area contributed by atoms with Crippen LogP contribution < -0.4 is 5.56 Å². The van der Waals surface area contributed by atoms with Gasteiger partial charge in [-0.05, 0) is 38.3 Å². The Labute approximate surface area is 180 Å². The van der Waals surface area contributed by atoms with E-state index in [1.807, 2.05) is 30.0 Å². The van der Waals surface area contributed by atoms with Crippen molar-refractivity contribution >= 4 is 16.8 Å². The summed E-state index contributed by atoms with van der Waals surface area (Å²) in [5, 5.41) is 0.593. The summed E-state index contributed by atoms with van der Waals surface area (Å²) in [5.74, 6) is 0.832. The van der Waals surface area contributed by atoms with Crippen molar-refractivity contribution in [1.29, 1.82) is 0 Å². The van der Waals surface area contributed by atoms with Crippen LogP contribution in [0.15, 0.2) is 29.1 Å². The summed E-state index contributed by atoms with van der Waals surface area (Å²) in [6.45, 7) is 9.70. The van der Waals surface area contributed by atoms with E-state index in [0.29, 0.717) is 42.8 Å². The summed E-state index contributed by atoms with van der Waals surface area (Å²) >= 11 is 0. The molecule has 1 amide bonds. The van der Waals surface area contributed by atoms with Gasteiger partial charge in [-0.15, -0.1) is 0 Å². The van der Waals surface area contributed by atoms with Gasteiger partial charge in [0.15, 0.2) is 0 Å². The topological polar surface area (TPSA) is 64.4 Å². The highest BCUT2D eigenvalue weighted by molar-refractivity contribution is 5.80. The van der Waals surface area contributed by atoms with Gasteiger partial charge in [-0.1, -0.05) is 45.7 Å². The van der Waals surface area contributed by atoms with E-state index in [9.17, 15) is 9.59 Å². The highest BCUT2D eigenvalue weighted by Gasteiger charge is 2.30. The monoisotopic (exact) mass is 415 g/mol. The molecule has 2 atom stereocenters. The average Bonchev–Trinajstić information content (AvgIpc) is 2.77. The predicted octanol–water partition coefficient (Wildman–Crippen LogP) is 4.56. The maximum atomic E-state index is 13.4. The van der Waals surface area contributed by atoms with E-state index in [4.69, 9.17) is 9.72 Å². The third-order valence-corrected chi connectivity index (χ3v) is 5.84. The standard InChI is InChI=1S/C24H37N3O3/c1-6-10-13-18(7-2)23(28)26(9-4)21(8-3)22-25-20-15-12-11-14-19(20)24(29)27(22)16-17-30-5/h11-12,14-15,18,21H,6-10,13,16-17H2,1-5H3. The minimum Gasteiger partial charge on any atom is -0.383 e. The number of ether oxygens (including phenoxy) is 1. The maximum Gasteiger partial charge on any atom is 0.261 e. The molecule has 0 saturated carbocycles. The molecule has 166 valence electrons. The van der Waals surface area contributed by atoms with E-state index in [1.165, 1.54) is 0 Å². The highest BCUT2D eigenvalue weighted by atomic mass is 16.5. The molecular formula is C24H37N3O3. The van der Waals surface area contributed by atoms with Crippen LogP contribution in [0.5, 0.6) is 0 Å². The van der Waals surface area contributed by atoms with Gasteiger partial charge in [0.2, 0.25) is 5.91 Å². The molecule has 0 saturated heterocycles. The first-order valence-corrected chi connectivity index (χ1v) is 11.3. The Morgan fingerprint density at radius 1 is 1.17 bits per heavy atom. The number of para-hydroxylation sites is 1. The number of nitrogens with zero attached hydrogens (tertiary/aromatic N) is 3. The van der Waals surface area contributed by atoms with Gasteiger partial charge in [-0.2, -0.15) is 0 Å². The fraction of sp³-hybridized carbons (Fsp3) is 0.625. The molecule has 0 radical (unpaired) electrons. The van der Waals surface area contributed by atoms with Crippen LogP contribution in [0.4, 0.5) is 0 Å². The Morgan fingerprint density at radius 3 is 2.50 bits per heavy atom. The number of hydrogen-bond donors (Lipinski definition) is 0. The third-order valence-electron chi connectivity index (χ3n) is 5.84. The lowest BCUT2D eigenvalue weighted by Gasteiger charge is -2.34. The van der Waals surface area contributed by atoms with Gasteiger partial charge >= 0.3 is 0 Å². The van der Waals surface area contributed by atoms with Crippen molar-refractivity contribution in [2.24, 2.45) is 5.92 Å². The largest absolute Gasteiger partial charge is 0.383 e. The first-order chi connectivity index (χ1) is 14.5. The number of hydrogen-bond acceptors (Lipinski definition) is 4. The molecule has 6 heteroatoms. The quantitative estimate of drug-likeness (QED) is 0.510. The number of carbonyl (C=O) groups excluding carboxylic acids is 1. The second-order valence-electron chi connectivity index (χ2n) is 7.73. The predicted molar refractivity (Wildman–Crippen MR) is 122 cm³/mol. The Morgan fingerprint density at radius 2 is 1.90 bits per heavy atom. The number of benzene rings is 1. The number of unbranched alkanes of at least 4 members (excludes halogenated alkanes) is 1. The molecule has 0 spiro atoms. The van der Waals surface area contributed by atoms with Gasteiger partial charge in [0.1, 0.15) is 5.82 Å². The number of fused-ring (bicyclic) bond motifs is 1. The normalized spacial score (nSPS) is 13.4. The molecule has 1 aromatic heterocycles. The molecule has 0 fully saturated rings. The summed E-state index contributed by atoms with van der Waals surface area (Å²) in [5.41, 5.74) is 0.596. The first-order valence-electron chi connectivity index (χ1n) is 11.3. The molecule has 2 rings (SSSR count). The van der Waals surface area contributed by atoms with E-state index in [-0.39, 0.29) is 23.4 Å². The van der Waals surface area contributed by atoms with Crippen LogP contribution in [0, 0.1) is 5.92 Å². The van der Waals surface area contributed by atoms with Crippen molar-refractivity contribution in [3.8, 4) is 0 Å². The van der Waals surface area contributed by atoms with Crippen LogP contribution in [0.25, 0.3) is 10.9 Å². The Hall–Kier alpha value is -2.21. The van der Waals surface area contributed by atoms with Crippen LogP contribution in [-0.2, 0) is 16.1 Å². The van der Waals surface area contributed by atoms with Crippen LogP contribution in [0.3, 0.4) is 0 Å². The summed E-state index contributed by atoms with van der Waals surface area (Å²) in [4.78, 5) is 33.5. The minimum absolute atomic E-state index is 0.0125. The van der Waals surface area contributed by atoms with Crippen LogP contribution in [-0.4, -0.2) is 40.6 Å². The molecule has 0 aliphatic rings. The smallest absolute Gasteiger partial charge is 0.261 e. The zero-order valence-corrected chi connectivity index (χ0v) is 19.2. The van der Waals surface area contributed by atoms with Gasteiger partial charge < -0.3 is 9.64 Å². The molecule has 1 aromatic carbocycles. The molecular weight excluding hydrogens is 378 g/mol. The van der Waals surface area contributed by atoms with E-state index in [0.717, 1.165) is 25.7 Å². The highest BCUT2D eigenvalue weighted by Crippen LogP contribution is 2.27. The molecule has 0 bridgehead atoms. The third kappa shape index (κ3) is 5.28. The van der Waals surface area contributed by atoms with Gasteiger partial charge in [-0.25, -0.2) is 4.98 Å². The van der Waals surface area contributed by atoms with Crippen molar-refractivity contribution < 1.29 is 9.53 Å². The van der Waals surface area contributed by atoms with Gasteiger partial charge in [0.05, 0.1) is 30.1 Å². The van der Waals surface area contributed by atoms with E-state index in [1.54, 1.807) is 17.7 Å². The molecule has 30 heavy (non-hydrogen) atoms. The maximum absolute atomic E-state index is 13.4. The number of carbonyl (C=O) groups is 1. The summed E-state index contributed by atoms with van der Waals surface area (Å²) < 4.78 is 6.94. The zero-order valence-electron chi connectivity index (χ0n) is 19.2. The van der Waals surface area contributed by atoms with Crippen molar-refractivity contribution in [2.75, 3.05) is 20.3 Å².